The number of rotatable bonds is 1. The predicted molar refractivity (Wildman–Crippen MR) is 75.8 cm³/mol. The van der Waals surface area contributed by atoms with Crippen LogP contribution >= 0.6 is 0 Å². The molecule has 1 N–H and O–H groups in total. The zero-order chi connectivity index (χ0) is 12.8. The largest absolute Gasteiger partial charge is 0.277 e. The molecule has 0 spiro atoms. The van der Waals surface area contributed by atoms with E-state index < -0.39 is 0 Å². The van der Waals surface area contributed by atoms with Crippen molar-refractivity contribution in [1.29, 1.82) is 0 Å². The fourth-order valence-corrected chi connectivity index (χ4v) is 2.48. The Morgan fingerprint density at radius 3 is 2.95 bits per heavy atom. The second-order valence-corrected chi connectivity index (χ2v) is 4.69. The molecule has 4 rings (SSSR count). The molecule has 4 heteroatoms. The number of para-hydroxylation sites is 1. The van der Waals surface area contributed by atoms with Gasteiger partial charge in [0, 0.05) is 29.6 Å². The normalized spacial score (nSPS) is 11.4. The Labute approximate surface area is 109 Å². The van der Waals surface area contributed by atoms with E-state index in [4.69, 9.17) is 0 Å². The molecule has 0 saturated heterocycles. The molecule has 0 atom stereocenters. The molecule has 0 aliphatic rings. The third-order valence-corrected chi connectivity index (χ3v) is 3.36. The zero-order valence-corrected chi connectivity index (χ0v) is 10.5. The highest BCUT2D eigenvalue weighted by Gasteiger charge is 2.08. The van der Waals surface area contributed by atoms with E-state index in [-0.39, 0.29) is 0 Å². The van der Waals surface area contributed by atoms with Crippen LogP contribution in [0.2, 0.25) is 0 Å². The van der Waals surface area contributed by atoms with Gasteiger partial charge in [0.05, 0.1) is 16.7 Å². The van der Waals surface area contributed by atoms with Gasteiger partial charge in [0.25, 0.3) is 0 Å². The number of hydrogen-bond acceptors (Lipinski definition) is 2. The summed E-state index contributed by atoms with van der Waals surface area (Å²) in [7, 11) is 1.93. The van der Waals surface area contributed by atoms with E-state index in [2.05, 4.69) is 33.5 Å². The highest BCUT2D eigenvalue weighted by molar-refractivity contribution is 5.95. The molecule has 0 unspecified atom stereocenters. The van der Waals surface area contributed by atoms with Crippen molar-refractivity contribution < 1.29 is 0 Å². The molecule has 0 saturated carbocycles. The molecule has 0 fully saturated rings. The van der Waals surface area contributed by atoms with Crippen molar-refractivity contribution >= 4 is 21.8 Å². The Kier molecular flexibility index (Phi) is 2.00. The molecule has 2 aromatic carbocycles. The number of nitrogens with one attached hydrogen (secondary N) is 1. The fourth-order valence-electron chi connectivity index (χ4n) is 2.48. The summed E-state index contributed by atoms with van der Waals surface area (Å²) in [6, 6.07) is 14.4. The summed E-state index contributed by atoms with van der Waals surface area (Å²) < 4.78 is 1.83. The zero-order valence-electron chi connectivity index (χ0n) is 10.5. The minimum absolute atomic E-state index is 0.987. The quantitative estimate of drug-likeness (QED) is 0.562. The van der Waals surface area contributed by atoms with Crippen LogP contribution in [-0.2, 0) is 7.05 Å². The number of aromatic amines is 1. The van der Waals surface area contributed by atoms with Crippen molar-refractivity contribution in [2.45, 2.75) is 0 Å². The molecule has 0 bridgehead atoms. The Morgan fingerprint density at radius 2 is 2.00 bits per heavy atom. The average Bonchev–Trinajstić information content (AvgIpc) is 2.99. The number of benzene rings is 2. The fraction of sp³-hybridized carbons (Fsp3) is 0.0667. The first kappa shape index (κ1) is 10.3. The van der Waals surface area contributed by atoms with Crippen LogP contribution in [0.15, 0.2) is 48.7 Å². The molecular weight excluding hydrogens is 236 g/mol. The van der Waals surface area contributed by atoms with E-state index in [1.807, 2.05) is 42.2 Å². The van der Waals surface area contributed by atoms with Crippen LogP contribution in [0.1, 0.15) is 0 Å². The summed E-state index contributed by atoms with van der Waals surface area (Å²) in [5, 5.41) is 14.2. The van der Waals surface area contributed by atoms with Crippen molar-refractivity contribution in [2.75, 3.05) is 0 Å². The monoisotopic (exact) mass is 248 g/mol. The van der Waals surface area contributed by atoms with E-state index in [1.54, 1.807) is 0 Å². The van der Waals surface area contributed by atoms with Crippen molar-refractivity contribution in [1.82, 2.24) is 20.0 Å². The molecule has 2 heterocycles. The number of nitrogens with zero attached hydrogens (tertiary/aromatic N) is 3. The summed E-state index contributed by atoms with van der Waals surface area (Å²) in [6.07, 6.45) is 2.02. The Morgan fingerprint density at radius 1 is 1.11 bits per heavy atom. The van der Waals surface area contributed by atoms with Crippen molar-refractivity contribution in [3.05, 3.63) is 48.7 Å². The van der Waals surface area contributed by atoms with E-state index >= 15 is 0 Å². The van der Waals surface area contributed by atoms with Gasteiger partial charge in [-0.3, -0.25) is 9.78 Å². The maximum atomic E-state index is 4.43. The third kappa shape index (κ3) is 1.53. The second kappa shape index (κ2) is 3.68. The molecule has 92 valence electrons. The second-order valence-electron chi connectivity index (χ2n) is 4.69. The number of H-pyrrole nitrogens is 1. The third-order valence-electron chi connectivity index (χ3n) is 3.36. The lowest BCUT2D eigenvalue weighted by atomic mass is 10.1. The van der Waals surface area contributed by atoms with Crippen molar-refractivity contribution in [3.8, 4) is 11.3 Å². The lowest BCUT2D eigenvalue weighted by Gasteiger charge is -1.97. The minimum atomic E-state index is 0.987. The van der Waals surface area contributed by atoms with E-state index in [0.29, 0.717) is 0 Å². The summed E-state index contributed by atoms with van der Waals surface area (Å²) in [6.45, 7) is 0. The van der Waals surface area contributed by atoms with Gasteiger partial charge in [-0.2, -0.15) is 10.2 Å². The molecular formula is C15H12N4. The first-order valence-electron chi connectivity index (χ1n) is 6.18. The molecule has 0 radical (unpaired) electrons. The number of aromatic nitrogens is 4. The van der Waals surface area contributed by atoms with Gasteiger partial charge in [-0.05, 0) is 18.2 Å². The van der Waals surface area contributed by atoms with Gasteiger partial charge in [-0.25, -0.2) is 0 Å². The van der Waals surface area contributed by atoms with Crippen molar-refractivity contribution in [2.24, 2.45) is 7.05 Å². The van der Waals surface area contributed by atoms with Gasteiger partial charge < -0.3 is 0 Å². The Bertz CT molecular complexity index is 885. The first-order chi connectivity index (χ1) is 9.31. The molecule has 2 aromatic heterocycles. The van der Waals surface area contributed by atoms with Crippen LogP contribution in [0, 0.1) is 0 Å². The molecule has 19 heavy (non-hydrogen) atoms. The maximum Gasteiger partial charge on any atom is 0.0999 e. The molecule has 4 nitrogen and oxygen atoms in total. The summed E-state index contributed by atoms with van der Waals surface area (Å²) >= 11 is 0. The lowest BCUT2D eigenvalue weighted by Crippen LogP contribution is -1.84. The Hall–Kier alpha value is -2.62. The number of hydrogen-bond donors (Lipinski definition) is 1. The van der Waals surface area contributed by atoms with Gasteiger partial charge in [0.1, 0.15) is 0 Å². The number of aryl methyl sites for hydroxylation is 1. The minimum Gasteiger partial charge on any atom is -0.277 e. The molecule has 4 aromatic rings. The van der Waals surface area contributed by atoms with Crippen LogP contribution in [0.25, 0.3) is 33.1 Å². The Balaban J connectivity index is 1.98. The van der Waals surface area contributed by atoms with Gasteiger partial charge >= 0.3 is 0 Å². The average molecular weight is 248 g/mol. The lowest BCUT2D eigenvalue weighted by molar-refractivity contribution is 0.780. The van der Waals surface area contributed by atoms with Crippen LogP contribution in [-0.4, -0.2) is 20.0 Å². The van der Waals surface area contributed by atoms with E-state index in [0.717, 1.165) is 33.1 Å². The highest BCUT2D eigenvalue weighted by Crippen LogP contribution is 2.28. The van der Waals surface area contributed by atoms with Gasteiger partial charge in [0.2, 0.25) is 0 Å². The van der Waals surface area contributed by atoms with Crippen LogP contribution in [0.5, 0.6) is 0 Å². The van der Waals surface area contributed by atoms with Gasteiger partial charge in [0.15, 0.2) is 0 Å². The maximum absolute atomic E-state index is 4.43. The van der Waals surface area contributed by atoms with Gasteiger partial charge in [-0.15, -0.1) is 0 Å². The molecule has 0 aliphatic carbocycles. The highest BCUT2D eigenvalue weighted by atomic mass is 15.2. The van der Waals surface area contributed by atoms with E-state index in [9.17, 15) is 0 Å². The first-order valence-corrected chi connectivity index (χ1v) is 6.18. The van der Waals surface area contributed by atoms with Crippen LogP contribution in [0.4, 0.5) is 0 Å². The van der Waals surface area contributed by atoms with Crippen LogP contribution in [0.3, 0.4) is 0 Å². The SMILES string of the molecule is Cn1cc2cc(-c3n[nH]c4ccccc34)ccc2n1. The van der Waals surface area contributed by atoms with Crippen molar-refractivity contribution in [3.63, 3.8) is 0 Å². The topological polar surface area (TPSA) is 46.5 Å². The van der Waals surface area contributed by atoms with E-state index in [1.165, 1.54) is 0 Å². The number of fused-ring (bicyclic) bond motifs is 2. The predicted octanol–water partition coefficient (Wildman–Crippen LogP) is 3.12. The summed E-state index contributed by atoms with van der Waals surface area (Å²) in [4.78, 5) is 0. The molecule has 0 amide bonds. The smallest absolute Gasteiger partial charge is 0.0999 e. The summed E-state index contributed by atoms with van der Waals surface area (Å²) in [5.41, 5.74) is 4.16. The standard InChI is InChI=1S/C15H12N4/c1-19-9-11-8-10(6-7-13(11)18-19)15-12-4-2-3-5-14(12)16-17-15/h2-9H,1H3,(H,16,17). The molecule has 0 aliphatic heterocycles. The summed E-state index contributed by atoms with van der Waals surface area (Å²) in [5.74, 6) is 0. The van der Waals surface area contributed by atoms with Crippen LogP contribution < -0.4 is 0 Å². The van der Waals surface area contributed by atoms with Gasteiger partial charge in [-0.1, -0.05) is 24.3 Å².